The Labute approximate surface area is 148 Å². The molecule has 2 aromatic heterocycles. The number of fused-ring (bicyclic) bond motifs is 1. The number of aryl methyl sites for hydroxylation is 1. The zero-order valence-corrected chi connectivity index (χ0v) is 14.8. The van der Waals surface area contributed by atoms with Crippen LogP contribution in [0, 0.1) is 6.92 Å². The molecule has 25 heavy (non-hydrogen) atoms. The number of hydrogen-bond acceptors (Lipinski definition) is 2. The fourth-order valence-corrected chi connectivity index (χ4v) is 3.21. The molecule has 0 aliphatic carbocycles. The Morgan fingerprint density at radius 2 is 1.72 bits per heavy atom. The zero-order valence-electron chi connectivity index (χ0n) is 14.8. The van der Waals surface area contributed by atoms with Crippen molar-refractivity contribution in [1.29, 1.82) is 0 Å². The lowest BCUT2D eigenvalue weighted by molar-refractivity contribution is 0.802. The van der Waals surface area contributed by atoms with Crippen molar-refractivity contribution in [1.82, 2.24) is 14.8 Å². The monoisotopic (exact) mass is 327 g/mol. The van der Waals surface area contributed by atoms with Gasteiger partial charge in [-0.05, 0) is 59.9 Å². The van der Waals surface area contributed by atoms with Gasteiger partial charge in [0.2, 0.25) is 0 Å². The Morgan fingerprint density at radius 1 is 0.920 bits per heavy atom. The van der Waals surface area contributed by atoms with E-state index in [0.29, 0.717) is 5.92 Å². The second-order valence-corrected chi connectivity index (χ2v) is 6.74. The molecule has 0 atom stereocenters. The van der Waals surface area contributed by atoms with E-state index in [1.165, 1.54) is 16.7 Å². The molecule has 0 saturated heterocycles. The molecule has 0 bridgehead atoms. The number of pyridine rings is 1. The number of benzene rings is 2. The molecule has 3 nitrogen and oxygen atoms in total. The van der Waals surface area contributed by atoms with Crippen LogP contribution in [0.1, 0.15) is 31.0 Å². The van der Waals surface area contributed by atoms with Gasteiger partial charge in [0, 0.05) is 17.8 Å². The minimum absolute atomic E-state index is 0.439. The first-order valence-corrected chi connectivity index (χ1v) is 8.63. The van der Waals surface area contributed by atoms with Crippen LogP contribution in [0.5, 0.6) is 0 Å². The Balaban J connectivity index is 1.87. The topological polar surface area (TPSA) is 30.7 Å². The lowest BCUT2D eigenvalue weighted by Crippen LogP contribution is -2.02. The zero-order chi connectivity index (χ0) is 17.4. The largest absolute Gasteiger partial charge is 0.256 e. The summed E-state index contributed by atoms with van der Waals surface area (Å²) >= 11 is 0. The summed E-state index contributed by atoms with van der Waals surface area (Å²) in [7, 11) is 0. The van der Waals surface area contributed by atoms with E-state index in [2.05, 4.69) is 66.4 Å². The first-order chi connectivity index (χ1) is 12.1. The van der Waals surface area contributed by atoms with Crippen LogP contribution in [0.25, 0.3) is 27.7 Å². The summed E-state index contributed by atoms with van der Waals surface area (Å²) in [5.74, 6) is 0.439. The minimum Gasteiger partial charge on any atom is -0.256 e. The molecule has 0 spiro atoms. The predicted octanol–water partition coefficient (Wildman–Crippen LogP) is 5.52. The van der Waals surface area contributed by atoms with E-state index in [4.69, 9.17) is 0 Å². The maximum atomic E-state index is 4.62. The Hall–Kier alpha value is -2.94. The number of hydrogen-bond donors (Lipinski definition) is 0. The van der Waals surface area contributed by atoms with Gasteiger partial charge in [-0.2, -0.15) is 5.10 Å². The van der Waals surface area contributed by atoms with Crippen LogP contribution >= 0.6 is 0 Å². The van der Waals surface area contributed by atoms with Gasteiger partial charge in [0.05, 0.1) is 16.9 Å². The van der Waals surface area contributed by atoms with E-state index in [0.717, 1.165) is 22.3 Å². The van der Waals surface area contributed by atoms with E-state index in [-0.39, 0.29) is 0 Å². The van der Waals surface area contributed by atoms with E-state index >= 15 is 0 Å². The van der Waals surface area contributed by atoms with Gasteiger partial charge in [0.15, 0.2) is 0 Å². The average Bonchev–Trinajstić information content (AvgIpc) is 3.07. The molecule has 0 radical (unpaired) electrons. The molecule has 2 aromatic carbocycles. The molecule has 0 fully saturated rings. The summed E-state index contributed by atoms with van der Waals surface area (Å²) in [6.45, 7) is 6.46. The molecule has 124 valence electrons. The van der Waals surface area contributed by atoms with Crippen LogP contribution in [0.3, 0.4) is 0 Å². The van der Waals surface area contributed by atoms with Crippen molar-refractivity contribution in [2.45, 2.75) is 26.7 Å². The van der Waals surface area contributed by atoms with Crippen LogP contribution < -0.4 is 0 Å². The van der Waals surface area contributed by atoms with Crippen LogP contribution in [0.4, 0.5) is 0 Å². The highest BCUT2D eigenvalue weighted by molar-refractivity contribution is 5.84. The molecule has 0 unspecified atom stereocenters. The van der Waals surface area contributed by atoms with Crippen molar-refractivity contribution in [3.63, 3.8) is 0 Å². The quantitative estimate of drug-likeness (QED) is 0.496. The molecular weight excluding hydrogens is 306 g/mol. The Morgan fingerprint density at radius 3 is 2.48 bits per heavy atom. The first kappa shape index (κ1) is 15.6. The van der Waals surface area contributed by atoms with Gasteiger partial charge < -0.3 is 0 Å². The van der Waals surface area contributed by atoms with Crippen molar-refractivity contribution in [2.24, 2.45) is 0 Å². The smallest absolute Gasteiger partial charge is 0.0702 e. The molecule has 0 aliphatic rings. The normalized spacial score (nSPS) is 11.4. The van der Waals surface area contributed by atoms with Gasteiger partial charge in [-0.3, -0.25) is 4.98 Å². The third kappa shape index (κ3) is 2.93. The maximum absolute atomic E-state index is 4.62. The molecule has 0 aliphatic heterocycles. The molecule has 2 heterocycles. The van der Waals surface area contributed by atoms with Crippen LogP contribution in [-0.4, -0.2) is 14.8 Å². The van der Waals surface area contributed by atoms with Crippen molar-refractivity contribution in [3.05, 3.63) is 78.2 Å². The third-order valence-electron chi connectivity index (χ3n) is 4.56. The van der Waals surface area contributed by atoms with Crippen LogP contribution in [0.2, 0.25) is 0 Å². The van der Waals surface area contributed by atoms with E-state index in [9.17, 15) is 0 Å². The fraction of sp³-hybridized carbons (Fsp3) is 0.182. The molecular formula is C22H21N3. The summed E-state index contributed by atoms with van der Waals surface area (Å²) in [6, 6.07) is 19.2. The minimum atomic E-state index is 0.439. The standard InChI is InChI=1S/C22H21N3/c1-15(2)20-8-6-18(14-22(20)25-12-10-16(3)24-25)17-7-9-21-19(13-17)5-4-11-23-21/h4-15H,1-3H3. The highest BCUT2D eigenvalue weighted by atomic mass is 15.3. The van der Waals surface area contributed by atoms with E-state index in [1.54, 1.807) is 0 Å². The van der Waals surface area contributed by atoms with E-state index in [1.807, 2.05) is 36.1 Å². The number of aromatic nitrogens is 3. The van der Waals surface area contributed by atoms with Crippen molar-refractivity contribution < 1.29 is 0 Å². The van der Waals surface area contributed by atoms with Gasteiger partial charge in [0.1, 0.15) is 0 Å². The van der Waals surface area contributed by atoms with Crippen molar-refractivity contribution in [2.75, 3.05) is 0 Å². The molecule has 4 rings (SSSR count). The highest BCUT2D eigenvalue weighted by Crippen LogP contribution is 2.30. The molecule has 0 amide bonds. The lowest BCUT2D eigenvalue weighted by Gasteiger charge is -2.15. The fourth-order valence-electron chi connectivity index (χ4n) is 3.21. The third-order valence-corrected chi connectivity index (χ3v) is 4.56. The Kier molecular flexibility index (Phi) is 3.85. The van der Waals surface area contributed by atoms with Crippen LogP contribution in [-0.2, 0) is 0 Å². The predicted molar refractivity (Wildman–Crippen MR) is 103 cm³/mol. The first-order valence-electron chi connectivity index (χ1n) is 8.63. The summed E-state index contributed by atoms with van der Waals surface area (Å²) in [5.41, 5.74) is 6.88. The van der Waals surface area contributed by atoms with Crippen molar-refractivity contribution >= 4 is 10.9 Å². The van der Waals surface area contributed by atoms with Gasteiger partial charge in [-0.1, -0.05) is 38.1 Å². The molecule has 4 aromatic rings. The van der Waals surface area contributed by atoms with Gasteiger partial charge in [0.25, 0.3) is 0 Å². The second-order valence-electron chi connectivity index (χ2n) is 6.74. The SMILES string of the molecule is Cc1ccn(-c2cc(-c3ccc4ncccc4c3)ccc2C(C)C)n1. The van der Waals surface area contributed by atoms with E-state index < -0.39 is 0 Å². The van der Waals surface area contributed by atoms with Crippen LogP contribution in [0.15, 0.2) is 67.0 Å². The number of rotatable bonds is 3. The second kappa shape index (κ2) is 6.17. The van der Waals surface area contributed by atoms with Gasteiger partial charge >= 0.3 is 0 Å². The van der Waals surface area contributed by atoms with Gasteiger partial charge in [-0.25, -0.2) is 4.68 Å². The van der Waals surface area contributed by atoms with Gasteiger partial charge in [-0.15, -0.1) is 0 Å². The van der Waals surface area contributed by atoms with Crippen molar-refractivity contribution in [3.8, 4) is 16.8 Å². The number of nitrogens with zero attached hydrogens (tertiary/aromatic N) is 3. The summed E-state index contributed by atoms with van der Waals surface area (Å²) in [5, 5.41) is 5.77. The highest BCUT2D eigenvalue weighted by Gasteiger charge is 2.11. The molecule has 0 saturated carbocycles. The molecule has 3 heteroatoms. The molecule has 0 N–H and O–H groups in total. The Bertz CT molecular complexity index is 1040. The lowest BCUT2D eigenvalue weighted by atomic mass is 9.96. The summed E-state index contributed by atoms with van der Waals surface area (Å²) < 4.78 is 1.98. The summed E-state index contributed by atoms with van der Waals surface area (Å²) in [4.78, 5) is 4.41. The summed E-state index contributed by atoms with van der Waals surface area (Å²) in [6.07, 6.45) is 3.86. The average molecular weight is 327 g/mol. The maximum Gasteiger partial charge on any atom is 0.0702 e.